The minimum atomic E-state index is -4.03. The number of rotatable bonds is 13. The second-order valence-corrected chi connectivity index (χ2v) is 12.6. The summed E-state index contributed by atoms with van der Waals surface area (Å²) in [5.74, 6) is -3.38. The van der Waals surface area contributed by atoms with E-state index < -0.39 is 56.6 Å². The molecule has 0 aliphatic carbocycles. The van der Waals surface area contributed by atoms with Gasteiger partial charge in [-0.05, 0) is 0 Å². The van der Waals surface area contributed by atoms with Gasteiger partial charge in [0.15, 0.2) is 23.2 Å². The molecule has 16 nitrogen and oxygen atoms in total. The topological polar surface area (TPSA) is 195 Å². The first-order chi connectivity index (χ1) is 17.5. The van der Waals surface area contributed by atoms with E-state index in [1.807, 2.05) is 0 Å². The summed E-state index contributed by atoms with van der Waals surface area (Å²) in [4.78, 5) is 55.7. The van der Waals surface area contributed by atoms with E-state index in [0.717, 1.165) is 26.0 Å². The van der Waals surface area contributed by atoms with Crippen molar-refractivity contribution in [2.75, 3.05) is 41.3 Å². The summed E-state index contributed by atoms with van der Waals surface area (Å²) >= 11 is 0. The van der Waals surface area contributed by atoms with E-state index in [-0.39, 0.29) is 43.3 Å². The molecule has 0 N–H and O–H groups in total. The largest absolute Gasteiger partial charge is 0.463 e. The lowest BCUT2D eigenvalue weighted by atomic mass is 10.3. The second kappa shape index (κ2) is 12.1. The quantitative estimate of drug-likeness (QED) is 0.197. The average molecular weight is 579 g/mol. The van der Waals surface area contributed by atoms with Gasteiger partial charge in [0.1, 0.15) is 19.3 Å². The fourth-order valence-corrected chi connectivity index (χ4v) is 5.21. The number of carbonyl (C=O) groups is 4. The van der Waals surface area contributed by atoms with Gasteiger partial charge in [0.25, 0.3) is 0 Å². The molecular weight excluding hydrogens is 548 g/mol. The van der Waals surface area contributed by atoms with Gasteiger partial charge in [-0.3, -0.25) is 24.2 Å². The third kappa shape index (κ3) is 7.21. The third-order valence-electron chi connectivity index (χ3n) is 5.07. The van der Waals surface area contributed by atoms with Gasteiger partial charge < -0.3 is 9.47 Å². The van der Waals surface area contributed by atoms with Gasteiger partial charge in [0.05, 0.1) is 25.1 Å². The van der Waals surface area contributed by atoms with Crippen LogP contribution in [0.4, 0.5) is 0 Å². The zero-order chi connectivity index (χ0) is 29.0. The van der Waals surface area contributed by atoms with E-state index in [2.05, 4.69) is 9.98 Å². The van der Waals surface area contributed by atoms with E-state index in [4.69, 9.17) is 9.47 Å². The van der Waals surface area contributed by atoms with Gasteiger partial charge in [-0.1, -0.05) is 0 Å². The van der Waals surface area contributed by atoms with Crippen molar-refractivity contribution in [1.29, 1.82) is 0 Å². The number of hydrogen-bond acceptors (Lipinski definition) is 12. The zero-order valence-electron chi connectivity index (χ0n) is 21.8. The van der Waals surface area contributed by atoms with Crippen molar-refractivity contribution in [3.8, 4) is 0 Å². The van der Waals surface area contributed by atoms with Crippen LogP contribution in [0, 0.1) is 0 Å². The molecule has 1 aliphatic rings. The van der Waals surface area contributed by atoms with Crippen LogP contribution < -0.4 is 0 Å². The van der Waals surface area contributed by atoms with E-state index >= 15 is 0 Å². The van der Waals surface area contributed by atoms with Crippen LogP contribution in [0.5, 0.6) is 0 Å². The Balaban J connectivity index is 1.89. The molecule has 1 aliphatic heterocycles. The number of hydrogen-bond donors (Lipinski definition) is 0. The minimum absolute atomic E-state index is 0.00847. The molecule has 0 spiro atoms. The van der Waals surface area contributed by atoms with E-state index in [0.29, 0.717) is 3.97 Å². The van der Waals surface area contributed by atoms with Crippen molar-refractivity contribution < 1.29 is 45.5 Å². The van der Waals surface area contributed by atoms with Crippen LogP contribution in [-0.4, -0.2) is 115 Å². The first-order valence-corrected chi connectivity index (χ1v) is 13.9. The highest BCUT2D eigenvalue weighted by Gasteiger charge is 2.37. The Kier molecular flexibility index (Phi) is 9.87. The van der Waals surface area contributed by atoms with Crippen molar-refractivity contribution in [2.45, 2.75) is 39.3 Å². The van der Waals surface area contributed by atoms with Crippen LogP contribution in [0.3, 0.4) is 0 Å². The monoisotopic (exact) mass is 578 g/mol. The van der Waals surface area contributed by atoms with Gasteiger partial charge in [0, 0.05) is 48.2 Å². The highest BCUT2D eigenvalue weighted by atomic mass is 32.2. The SMILES string of the molecule is CC(=O)C1=NC(COC(=O)CCC(=O)OCc2cn(S(=O)(=O)N(C)C)c(C(C)=O)n2)CN1S(=O)(=O)N(C)C. The first-order valence-electron chi connectivity index (χ1n) is 11.1. The van der Waals surface area contributed by atoms with Crippen LogP contribution >= 0.6 is 0 Å². The van der Waals surface area contributed by atoms with Crippen LogP contribution in [-0.2, 0) is 50.9 Å². The molecule has 38 heavy (non-hydrogen) atoms. The maximum absolute atomic E-state index is 12.4. The number of amidine groups is 1. The smallest absolute Gasteiger partial charge is 0.308 e. The average Bonchev–Trinajstić information content (AvgIpc) is 3.45. The van der Waals surface area contributed by atoms with Gasteiger partial charge in [-0.25, -0.2) is 13.3 Å². The lowest BCUT2D eigenvalue weighted by Crippen LogP contribution is -2.45. The second-order valence-electron chi connectivity index (χ2n) is 8.53. The summed E-state index contributed by atoms with van der Waals surface area (Å²) in [5, 5.41) is 0. The number of Topliss-reactive ketones (excluding diaryl/α,β-unsaturated/α-hetero) is 2. The molecule has 212 valence electrons. The molecule has 1 aromatic heterocycles. The first kappa shape index (κ1) is 31.0. The summed E-state index contributed by atoms with van der Waals surface area (Å²) in [6.45, 7) is 1.37. The molecule has 2 rings (SSSR count). The molecule has 1 unspecified atom stereocenters. The van der Waals surface area contributed by atoms with Gasteiger partial charge in [-0.2, -0.15) is 25.4 Å². The van der Waals surface area contributed by atoms with Gasteiger partial charge >= 0.3 is 32.4 Å². The predicted octanol–water partition coefficient (Wildman–Crippen LogP) is -1.42. The van der Waals surface area contributed by atoms with Crippen molar-refractivity contribution >= 4 is 49.8 Å². The molecule has 1 aromatic rings. The number of carbonyl (C=O) groups excluding carboxylic acids is 4. The molecule has 0 saturated carbocycles. The summed E-state index contributed by atoms with van der Waals surface area (Å²) in [7, 11) is -2.82. The lowest BCUT2D eigenvalue weighted by molar-refractivity contribution is -0.151. The fourth-order valence-electron chi connectivity index (χ4n) is 3.07. The van der Waals surface area contributed by atoms with Crippen LogP contribution in [0.1, 0.15) is 43.0 Å². The number of nitrogens with zero attached hydrogens (tertiary/aromatic N) is 6. The Morgan fingerprint density at radius 1 is 0.921 bits per heavy atom. The minimum Gasteiger partial charge on any atom is -0.463 e. The molecule has 0 saturated heterocycles. The van der Waals surface area contributed by atoms with E-state index in [1.165, 1.54) is 35.1 Å². The molecule has 18 heteroatoms. The normalized spacial score (nSPS) is 16.1. The summed E-state index contributed by atoms with van der Waals surface area (Å²) < 4.78 is 63.0. The number of aliphatic imine (C=N–C) groups is 1. The molecule has 0 bridgehead atoms. The summed E-state index contributed by atoms with van der Waals surface area (Å²) in [5.41, 5.74) is 0.00847. The van der Waals surface area contributed by atoms with Gasteiger partial charge in [0.2, 0.25) is 0 Å². The predicted molar refractivity (Wildman–Crippen MR) is 131 cm³/mol. The highest BCUT2D eigenvalue weighted by molar-refractivity contribution is 7.87. The summed E-state index contributed by atoms with van der Waals surface area (Å²) in [6, 6.07) is -0.802. The number of esters is 2. The standard InChI is InChI=1S/C20H30N6O10S2/c1-13(27)19-21-15(9-25(19)37(31,32)23(3)4)11-35-17(29)7-8-18(30)36-12-16-10-26(20(22-16)14(2)28)38(33,34)24(5)6/h9,16H,7-8,10-12H2,1-6H3. The number of ketones is 2. The van der Waals surface area contributed by atoms with Crippen molar-refractivity contribution in [2.24, 2.45) is 4.99 Å². The van der Waals surface area contributed by atoms with Crippen LogP contribution in [0.25, 0.3) is 0 Å². The van der Waals surface area contributed by atoms with Crippen molar-refractivity contribution in [3.63, 3.8) is 0 Å². The Hall–Kier alpha value is -3.22. The maximum Gasteiger partial charge on any atom is 0.308 e. The maximum atomic E-state index is 12.4. The Morgan fingerprint density at radius 3 is 1.97 bits per heavy atom. The van der Waals surface area contributed by atoms with E-state index in [9.17, 15) is 36.0 Å². The molecule has 2 heterocycles. The Morgan fingerprint density at radius 2 is 1.47 bits per heavy atom. The Bertz CT molecular complexity index is 1350. The highest BCUT2D eigenvalue weighted by Crippen LogP contribution is 2.17. The third-order valence-corrected chi connectivity index (χ3v) is 8.57. The molecule has 1 atom stereocenters. The summed E-state index contributed by atoms with van der Waals surface area (Å²) in [6.07, 6.45) is 0.324. The molecule has 0 fully saturated rings. The van der Waals surface area contributed by atoms with Crippen molar-refractivity contribution in [3.05, 3.63) is 17.7 Å². The number of imidazole rings is 1. The zero-order valence-corrected chi connectivity index (χ0v) is 23.4. The van der Waals surface area contributed by atoms with Crippen LogP contribution in [0.2, 0.25) is 0 Å². The number of aromatic nitrogens is 2. The fraction of sp³-hybridized carbons (Fsp3) is 0.600. The molecular formula is C20H30N6O10S2. The lowest BCUT2D eigenvalue weighted by Gasteiger charge is -2.23. The van der Waals surface area contributed by atoms with Gasteiger partial charge in [-0.15, -0.1) is 0 Å². The molecule has 0 radical (unpaired) electrons. The molecule has 0 aromatic carbocycles. The van der Waals surface area contributed by atoms with E-state index in [1.54, 1.807) is 0 Å². The van der Waals surface area contributed by atoms with Crippen molar-refractivity contribution in [1.82, 2.24) is 21.9 Å². The Labute approximate surface area is 220 Å². The van der Waals surface area contributed by atoms with Crippen LogP contribution in [0.15, 0.2) is 11.2 Å². The number of ether oxygens (including phenoxy) is 2. The molecule has 0 amide bonds.